The molecule has 3 aliphatic rings. The number of carbonyl (C=O) groups excluding carboxylic acids is 3. The molecule has 0 saturated carbocycles. The van der Waals surface area contributed by atoms with Gasteiger partial charge in [-0.15, -0.1) is 0 Å². The number of rotatable bonds is 9. The van der Waals surface area contributed by atoms with E-state index in [-0.39, 0.29) is 34.4 Å². The molecule has 4 unspecified atom stereocenters. The number of aliphatic hydroxyl groups is 3. The number of azo groups is 1. The second-order valence-corrected chi connectivity index (χ2v) is 13.3. The Kier molecular flexibility index (Phi) is 9.57. The molecule has 53 heavy (non-hydrogen) atoms. The van der Waals surface area contributed by atoms with Crippen LogP contribution in [0.1, 0.15) is 68.8 Å². The van der Waals surface area contributed by atoms with Crippen molar-refractivity contribution in [3.63, 3.8) is 0 Å². The molecular weight excluding hydrogens is 686 g/mol. The minimum absolute atomic E-state index is 0.0405. The third kappa shape index (κ3) is 6.44. The van der Waals surface area contributed by atoms with Crippen LogP contribution in [0.25, 0.3) is 0 Å². The molecule has 1 aliphatic heterocycles. The Balaban J connectivity index is 1.20. The number of hydrogen-bond donors (Lipinski definition) is 6. The van der Waals surface area contributed by atoms with E-state index in [1.54, 1.807) is 31.2 Å². The Morgan fingerprint density at radius 1 is 0.925 bits per heavy atom. The molecule has 1 heterocycles. The van der Waals surface area contributed by atoms with Crippen LogP contribution in [-0.2, 0) is 20.7 Å². The van der Waals surface area contributed by atoms with Gasteiger partial charge in [0.1, 0.15) is 35.6 Å². The van der Waals surface area contributed by atoms with Gasteiger partial charge in [0.05, 0.1) is 53.4 Å². The van der Waals surface area contributed by atoms with Gasteiger partial charge in [0.2, 0.25) is 5.78 Å². The molecule has 7 rings (SSSR count). The number of benzene rings is 4. The molecule has 2 aliphatic carbocycles. The van der Waals surface area contributed by atoms with Crippen LogP contribution < -0.4 is 10.1 Å². The van der Waals surface area contributed by atoms with Gasteiger partial charge in [0, 0.05) is 41.6 Å². The first-order valence-electron chi connectivity index (χ1n) is 17.0. The summed E-state index contributed by atoms with van der Waals surface area (Å²) in [6.45, 7) is 0.597. The second-order valence-electron chi connectivity index (χ2n) is 13.3. The molecule has 14 heteroatoms. The fraction of sp³-hybridized carbons (Fsp3) is 0.308. The smallest absolute Gasteiger partial charge is 0.202 e. The van der Waals surface area contributed by atoms with Crippen molar-refractivity contribution in [2.24, 2.45) is 10.2 Å². The van der Waals surface area contributed by atoms with Crippen molar-refractivity contribution in [2.45, 2.75) is 62.4 Å². The number of carbonyl (C=O) groups is 3. The van der Waals surface area contributed by atoms with E-state index in [1.165, 1.54) is 25.3 Å². The number of methoxy groups -OCH3 is 1. The number of phenolic OH excluding ortho intramolecular Hbond substituents is 2. The first-order valence-corrected chi connectivity index (χ1v) is 17.0. The first kappa shape index (κ1) is 35.9. The Bertz CT molecular complexity index is 2120. The van der Waals surface area contributed by atoms with Crippen LogP contribution in [0.4, 0.5) is 17.1 Å². The van der Waals surface area contributed by atoms with Gasteiger partial charge >= 0.3 is 0 Å². The van der Waals surface area contributed by atoms with E-state index in [4.69, 9.17) is 14.2 Å². The Morgan fingerprint density at radius 2 is 1.60 bits per heavy atom. The molecule has 1 fully saturated rings. The Labute approximate surface area is 303 Å². The van der Waals surface area contributed by atoms with E-state index in [0.29, 0.717) is 17.1 Å². The Hall–Kier alpha value is -5.51. The van der Waals surface area contributed by atoms with E-state index in [2.05, 4.69) is 15.5 Å². The minimum Gasteiger partial charge on any atom is -0.507 e. The predicted octanol–water partition coefficient (Wildman–Crippen LogP) is 4.57. The highest BCUT2D eigenvalue weighted by Crippen LogP contribution is 2.52. The molecule has 4 aromatic rings. The number of aromatic hydroxyl groups is 2. The lowest BCUT2D eigenvalue weighted by Crippen LogP contribution is -2.52. The van der Waals surface area contributed by atoms with Crippen LogP contribution in [0.5, 0.6) is 17.2 Å². The maximum atomic E-state index is 13.9. The normalized spacial score (nSPS) is 25.0. The summed E-state index contributed by atoms with van der Waals surface area (Å²) >= 11 is 0. The lowest BCUT2D eigenvalue weighted by atomic mass is 9.72. The predicted molar refractivity (Wildman–Crippen MR) is 188 cm³/mol. The summed E-state index contributed by atoms with van der Waals surface area (Å²) in [5, 5.41) is 67.5. The van der Waals surface area contributed by atoms with Crippen molar-refractivity contribution in [3.8, 4) is 17.2 Å². The van der Waals surface area contributed by atoms with Gasteiger partial charge in [-0.25, -0.2) is 0 Å². The molecule has 0 aromatic heterocycles. The number of aliphatic hydroxyl groups excluding tert-OH is 2. The zero-order chi connectivity index (χ0) is 37.6. The van der Waals surface area contributed by atoms with E-state index in [1.807, 2.05) is 30.3 Å². The second kappa shape index (κ2) is 14.1. The molecule has 6 N–H and O–H groups in total. The Morgan fingerprint density at radius 3 is 2.28 bits per heavy atom. The monoisotopic (exact) mass is 723 g/mol. The summed E-state index contributed by atoms with van der Waals surface area (Å²) in [6.07, 6.45) is -5.32. The molecule has 274 valence electrons. The van der Waals surface area contributed by atoms with Crippen LogP contribution in [-0.4, -0.2) is 86.7 Å². The summed E-state index contributed by atoms with van der Waals surface area (Å²) in [5.74, 6) is -3.83. The number of nitrogens with one attached hydrogen (secondary N) is 1. The van der Waals surface area contributed by atoms with E-state index in [9.17, 15) is 39.9 Å². The van der Waals surface area contributed by atoms with Crippen LogP contribution in [0.3, 0.4) is 0 Å². The quantitative estimate of drug-likeness (QED) is 0.0911. The molecule has 4 aromatic carbocycles. The van der Waals surface area contributed by atoms with E-state index >= 15 is 0 Å². The van der Waals surface area contributed by atoms with Crippen molar-refractivity contribution in [3.05, 3.63) is 106 Å². The van der Waals surface area contributed by atoms with Crippen molar-refractivity contribution in [2.75, 3.05) is 19.0 Å². The largest absolute Gasteiger partial charge is 0.507 e. The highest BCUT2D eigenvalue weighted by atomic mass is 16.7. The molecule has 6 atom stereocenters. The lowest BCUT2D eigenvalue weighted by Gasteiger charge is -2.43. The number of anilines is 1. The molecule has 0 spiro atoms. The number of phenols is 2. The average molecular weight is 724 g/mol. The standard InChI is InChI=1S/C39H37N3O11/c1-19-34(45)25(40-20-11-13-22(14-12-20)42-41-21-7-4-3-5-8-21)15-29(52-19)53-27-17-39(50,28(44)18-43)16-24-31(27)38(49)33-32(36(24)47)35(46)23-9-6-10-26(51-2)30(23)37(33)48/h3-14,19,25,27,29,34,40,43,45,47,49-50H,15-18H2,1-2H3/b42-41+/t19?,25?,27-,29?,34?,39-/m0/s1. The van der Waals surface area contributed by atoms with Gasteiger partial charge in [0.15, 0.2) is 17.9 Å². The number of fused-ring (bicyclic) bond motifs is 3. The number of ether oxygens (including phenoxy) is 3. The zero-order valence-corrected chi connectivity index (χ0v) is 28.7. The number of nitrogens with zero attached hydrogens (tertiary/aromatic N) is 2. The fourth-order valence-corrected chi connectivity index (χ4v) is 7.31. The maximum absolute atomic E-state index is 13.9. The van der Waals surface area contributed by atoms with Crippen molar-refractivity contribution in [1.29, 1.82) is 0 Å². The minimum atomic E-state index is -2.29. The molecule has 14 nitrogen and oxygen atoms in total. The van der Waals surface area contributed by atoms with Crippen molar-refractivity contribution >= 4 is 34.4 Å². The average Bonchev–Trinajstić information content (AvgIpc) is 3.16. The SMILES string of the molecule is COc1cccc2c1C(=O)c1c(O)c3c(c(O)c1C2=O)C[C@@](O)(C(=O)CO)C[C@@H]3OC1CC(Nc2ccc(/N=N/c3ccccc3)cc2)C(O)C(C)O1. The highest BCUT2D eigenvalue weighted by Gasteiger charge is 2.50. The third-order valence-electron chi connectivity index (χ3n) is 10.0. The van der Waals surface area contributed by atoms with Crippen LogP contribution >= 0.6 is 0 Å². The van der Waals surface area contributed by atoms with Crippen LogP contribution in [0, 0.1) is 0 Å². The molecule has 0 bridgehead atoms. The maximum Gasteiger partial charge on any atom is 0.202 e. The van der Waals surface area contributed by atoms with Crippen LogP contribution in [0.2, 0.25) is 0 Å². The highest BCUT2D eigenvalue weighted by molar-refractivity contribution is 6.31. The zero-order valence-electron chi connectivity index (χ0n) is 28.7. The molecule has 0 radical (unpaired) electrons. The summed E-state index contributed by atoms with van der Waals surface area (Å²) < 4.78 is 17.7. The van der Waals surface area contributed by atoms with E-state index in [0.717, 1.165) is 0 Å². The van der Waals surface area contributed by atoms with Gasteiger partial charge in [-0.3, -0.25) is 14.4 Å². The topological polar surface area (TPSA) is 217 Å². The number of Topliss-reactive ketones (excluding diaryl/α,β-unsaturated/α-hetero) is 1. The summed E-state index contributed by atoms with van der Waals surface area (Å²) in [6, 6.07) is 20.1. The van der Waals surface area contributed by atoms with Crippen molar-refractivity contribution < 1.29 is 54.1 Å². The molecular formula is C39H37N3O11. The van der Waals surface area contributed by atoms with Gasteiger partial charge in [-0.1, -0.05) is 30.3 Å². The lowest BCUT2D eigenvalue weighted by molar-refractivity contribution is -0.245. The summed E-state index contributed by atoms with van der Waals surface area (Å²) in [7, 11) is 1.33. The third-order valence-corrected chi connectivity index (χ3v) is 10.0. The van der Waals surface area contributed by atoms with Gasteiger partial charge in [-0.2, -0.15) is 10.2 Å². The van der Waals surface area contributed by atoms with Gasteiger partial charge in [0.25, 0.3) is 0 Å². The van der Waals surface area contributed by atoms with E-state index < -0.39 is 95.7 Å². The van der Waals surface area contributed by atoms with Gasteiger partial charge < -0.3 is 45.1 Å². The fourth-order valence-electron chi connectivity index (χ4n) is 7.31. The molecule has 0 amide bonds. The first-order chi connectivity index (χ1) is 25.4. The molecule has 1 saturated heterocycles. The summed E-state index contributed by atoms with van der Waals surface area (Å²) in [5.41, 5.74) is -1.77. The van der Waals surface area contributed by atoms with Gasteiger partial charge in [-0.05, 0) is 49.4 Å². The summed E-state index contributed by atoms with van der Waals surface area (Å²) in [4.78, 5) is 40.6. The number of hydrogen-bond acceptors (Lipinski definition) is 14. The number of ketones is 3. The van der Waals surface area contributed by atoms with Crippen molar-refractivity contribution in [1.82, 2.24) is 0 Å². The van der Waals surface area contributed by atoms with Crippen LogP contribution in [0.15, 0.2) is 83.0 Å².